The topological polar surface area (TPSA) is 78.0 Å². The van der Waals surface area contributed by atoms with Crippen molar-refractivity contribution in [2.24, 2.45) is 6.26 Å². The van der Waals surface area contributed by atoms with Gasteiger partial charge in [0.2, 0.25) is 4.88 Å². The van der Waals surface area contributed by atoms with Crippen LogP contribution in [0.5, 0.6) is 6.01 Å². The largest absolute Gasteiger partial charge is 0.540 e. The third-order valence-electron chi connectivity index (χ3n) is 2.64. The average Bonchev–Trinajstić information content (AvgIpc) is 2.76. The number of ether oxygens (including phenoxy) is 1. The molecule has 0 aliphatic rings. The standard InChI is InChI=1S/C11H14N2O3S/c1-4-5-16-11-12-7-6(2)17(3)9(10(14)15)8(7)13-11/h4-5H2,1-3H3,(H-,12,13,14,15). The van der Waals surface area contributed by atoms with Crippen LogP contribution in [0.3, 0.4) is 0 Å². The number of aryl methyl sites for hydroxylation is 1. The first-order valence-electron chi connectivity index (χ1n) is 5.37. The first-order chi connectivity index (χ1) is 8.06. The first-order valence-corrected chi connectivity index (χ1v) is 7.00. The van der Waals surface area contributed by atoms with E-state index >= 15 is 0 Å². The molecule has 0 aliphatic carbocycles. The van der Waals surface area contributed by atoms with E-state index in [1.165, 1.54) is 0 Å². The summed E-state index contributed by atoms with van der Waals surface area (Å²) in [4.78, 5) is 19.5. The molecule has 0 aromatic carbocycles. The molecule has 0 radical (unpaired) electrons. The van der Waals surface area contributed by atoms with Gasteiger partial charge in [0.15, 0.2) is 10.4 Å². The molecule has 0 fully saturated rings. The van der Waals surface area contributed by atoms with Crippen LogP contribution in [0.15, 0.2) is 0 Å². The summed E-state index contributed by atoms with van der Waals surface area (Å²) in [5.41, 5.74) is 1.24. The summed E-state index contributed by atoms with van der Waals surface area (Å²) in [6, 6.07) is 0.381. The maximum atomic E-state index is 11.1. The van der Waals surface area contributed by atoms with E-state index in [4.69, 9.17) is 4.74 Å². The molecule has 0 spiro atoms. The zero-order valence-corrected chi connectivity index (χ0v) is 10.8. The molecule has 2 rings (SSSR count). The van der Waals surface area contributed by atoms with Crippen LogP contribution in [0.25, 0.3) is 11.0 Å². The first kappa shape index (κ1) is 11.9. The normalized spacial score (nSPS) is 12.1. The van der Waals surface area contributed by atoms with Crippen LogP contribution >= 0.6 is 10.5 Å². The fourth-order valence-electron chi connectivity index (χ4n) is 1.72. The van der Waals surface area contributed by atoms with E-state index in [2.05, 4.69) is 9.97 Å². The zero-order valence-electron chi connectivity index (χ0n) is 9.99. The van der Waals surface area contributed by atoms with Gasteiger partial charge in [0.25, 0.3) is 6.01 Å². The number of hydrogen-bond acceptors (Lipinski definition) is 4. The van der Waals surface area contributed by atoms with Crippen molar-refractivity contribution in [2.45, 2.75) is 20.3 Å². The van der Waals surface area contributed by atoms with Crippen LogP contribution in [0.2, 0.25) is 0 Å². The number of aromatic amines is 1. The molecule has 2 aromatic rings. The van der Waals surface area contributed by atoms with Gasteiger partial charge in [-0.05, 0) is 16.9 Å². The second-order valence-corrected chi connectivity index (χ2v) is 5.84. The molecule has 0 saturated heterocycles. The van der Waals surface area contributed by atoms with Crippen LogP contribution in [0, 0.1) is 6.92 Å². The van der Waals surface area contributed by atoms with Gasteiger partial charge in [-0.2, -0.15) is 4.98 Å². The number of aromatic carboxylic acids is 1. The van der Waals surface area contributed by atoms with E-state index in [-0.39, 0.29) is 4.88 Å². The van der Waals surface area contributed by atoms with Crippen molar-refractivity contribution in [3.63, 3.8) is 0 Å². The molecule has 92 valence electrons. The number of hydrogen-bond donors (Lipinski definition) is 1. The summed E-state index contributed by atoms with van der Waals surface area (Å²) in [7, 11) is -0.443. The van der Waals surface area contributed by atoms with Gasteiger partial charge in [-0.1, -0.05) is 6.92 Å². The Hall–Kier alpha value is -1.56. The van der Waals surface area contributed by atoms with E-state index in [1.54, 1.807) is 0 Å². The van der Waals surface area contributed by atoms with Crippen LogP contribution < -0.4 is 9.84 Å². The molecule has 2 heterocycles. The van der Waals surface area contributed by atoms with Gasteiger partial charge < -0.3 is 19.6 Å². The quantitative estimate of drug-likeness (QED) is 0.834. The average molecular weight is 254 g/mol. The number of imidazole rings is 1. The monoisotopic (exact) mass is 254 g/mol. The smallest absolute Gasteiger partial charge is 0.294 e. The Kier molecular flexibility index (Phi) is 3.06. The summed E-state index contributed by atoms with van der Waals surface area (Å²) in [6.45, 7) is 4.45. The van der Waals surface area contributed by atoms with Crippen molar-refractivity contribution in [3.8, 4) is 6.01 Å². The Morgan fingerprint density at radius 3 is 2.88 bits per heavy atom. The second kappa shape index (κ2) is 4.37. The van der Waals surface area contributed by atoms with E-state index in [1.807, 2.05) is 20.1 Å². The zero-order chi connectivity index (χ0) is 12.6. The Balaban J connectivity index is 2.54. The fourth-order valence-corrected chi connectivity index (χ4v) is 3.16. The molecule has 0 amide bonds. The fraction of sp³-hybridized carbons (Fsp3) is 0.455. The molecule has 0 bridgehead atoms. The maximum absolute atomic E-state index is 11.1. The lowest BCUT2D eigenvalue weighted by Gasteiger charge is -1.98. The predicted octanol–water partition coefficient (Wildman–Crippen LogP) is 1.31. The van der Waals surface area contributed by atoms with Crippen LogP contribution in [-0.2, 0) is 6.26 Å². The molecule has 1 atom stereocenters. The van der Waals surface area contributed by atoms with Gasteiger partial charge >= 0.3 is 0 Å². The Morgan fingerprint density at radius 1 is 1.59 bits per heavy atom. The van der Waals surface area contributed by atoms with Gasteiger partial charge in [0.1, 0.15) is 17.7 Å². The van der Waals surface area contributed by atoms with Gasteiger partial charge in [-0.3, -0.25) is 0 Å². The van der Waals surface area contributed by atoms with Crippen LogP contribution in [0.1, 0.15) is 27.9 Å². The van der Waals surface area contributed by atoms with E-state index in [9.17, 15) is 9.90 Å². The summed E-state index contributed by atoms with van der Waals surface area (Å²) < 4.78 is 5.36. The van der Waals surface area contributed by atoms with Crippen LogP contribution in [0.4, 0.5) is 0 Å². The lowest BCUT2D eigenvalue weighted by molar-refractivity contribution is -0.254. The lowest BCUT2D eigenvalue weighted by Crippen LogP contribution is -2.21. The molecular weight excluding hydrogens is 240 g/mol. The van der Waals surface area contributed by atoms with Gasteiger partial charge in [0.05, 0.1) is 6.61 Å². The maximum Gasteiger partial charge on any atom is 0.294 e. The second-order valence-electron chi connectivity index (χ2n) is 3.80. The minimum absolute atomic E-state index is 0.288. The molecule has 17 heavy (non-hydrogen) atoms. The number of H-pyrrole nitrogens is 1. The number of thiophene rings is 1. The number of fused-ring (bicyclic) bond motifs is 1. The third-order valence-corrected chi connectivity index (χ3v) is 4.73. The minimum Gasteiger partial charge on any atom is -0.540 e. The minimum atomic E-state index is -1.14. The van der Waals surface area contributed by atoms with Gasteiger partial charge in [0, 0.05) is 6.92 Å². The molecular formula is C11H14N2O3S. The highest BCUT2D eigenvalue weighted by Crippen LogP contribution is 2.37. The molecule has 5 nitrogen and oxygen atoms in total. The van der Waals surface area contributed by atoms with E-state index < -0.39 is 16.4 Å². The molecule has 0 aliphatic heterocycles. The number of carbonyl (C=O) groups is 1. The Morgan fingerprint density at radius 2 is 2.29 bits per heavy atom. The number of carboxylic acid groups (broad SMARTS) is 1. The predicted molar refractivity (Wildman–Crippen MR) is 64.4 cm³/mol. The van der Waals surface area contributed by atoms with Crippen molar-refractivity contribution in [3.05, 3.63) is 9.75 Å². The lowest BCUT2D eigenvalue weighted by atomic mass is 10.3. The highest BCUT2D eigenvalue weighted by Gasteiger charge is 2.26. The highest BCUT2D eigenvalue weighted by atomic mass is 32.2. The number of nitrogens with zero attached hydrogens (tertiary/aromatic N) is 1. The third kappa shape index (κ3) is 1.88. The number of carbonyl (C=O) groups excluding carboxylic acids is 1. The molecule has 2 aromatic heterocycles. The van der Waals surface area contributed by atoms with Crippen molar-refractivity contribution in [2.75, 3.05) is 6.61 Å². The summed E-state index contributed by atoms with van der Waals surface area (Å²) in [5, 5.41) is 11.1. The van der Waals surface area contributed by atoms with Gasteiger partial charge in [-0.25, -0.2) is 0 Å². The Labute approximate surface area is 101 Å². The molecule has 1 N–H and O–H groups in total. The van der Waals surface area contributed by atoms with Gasteiger partial charge in [-0.15, -0.1) is 0 Å². The molecule has 1 unspecified atom stereocenters. The number of rotatable bonds is 4. The number of aromatic nitrogens is 2. The summed E-state index contributed by atoms with van der Waals surface area (Å²) >= 11 is 0. The SMILES string of the molecule is CCCOc1nc2c(C)[s+](C)c(C(=O)[O-])c2[nH]1. The van der Waals surface area contributed by atoms with Crippen molar-refractivity contribution < 1.29 is 14.6 Å². The van der Waals surface area contributed by atoms with Crippen molar-refractivity contribution in [1.82, 2.24) is 9.97 Å². The van der Waals surface area contributed by atoms with E-state index in [0.717, 1.165) is 11.3 Å². The number of carboxylic acids is 1. The summed E-state index contributed by atoms with van der Waals surface area (Å²) in [5.74, 6) is -1.14. The van der Waals surface area contributed by atoms with Crippen molar-refractivity contribution >= 4 is 27.5 Å². The molecule has 6 heteroatoms. The van der Waals surface area contributed by atoms with Crippen molar-refractivity contribution in [1.29, 1.82) is 0 Å². The van der Waals surface area contributed by atoms with E-state index in [0.29, 0.717) is 23.7 Å². The molecule has 0 saturated carbocycles. The number of nitrogens with one attached hydrogen (secondary N) is 1. The van der Waals surface area contributed by atoms with Crippen LogP contribution in [-0.4, -0.2) is 22.5 Å². The Bertz CT molecular complexity index is 571. The summed E-state index contributed by atoms with van der Waals surface area (Å²) in [6.07, 6.45) is 2.74. The highest BCUT2D eigenvalue weighted by molar-refractivity contribution is 7.32.